The monoisotopic (exact) mass is 287 g/mol. The van der Waals surface area contributed by atoms with E-state index in [1.54, 1.807) is 0 Å². The highest BCUT2D eigenvalue weighted by molar-refractivity contribution is 5.92. The molecule has 0 unspecified atom stereocenters. The lowest BCUT2D eigenvalue weighted by Crippen LogP contribution is -2.28. The molecule has 2 N–H and O–H groups in total. The van der Waals surface area contributed by atoms with Crippen LogP contribution in [0.4, 0.5) is 11.5 Å². The third-order valence-electron chi connectivity index (χ3n) is 4.72. The molecule has 0 bridgehead atoms. The molecule has 21 heavy (non-hydrogen) atoms. The van der Waals surface area contributed by atoms with Crippen molar-refractivity contribution in [3.63, 3.8) is 0 Å². The average Bonchev–Trinajstić information content (AvgIpc) is 2.67. The lowest BCUT2D eigenvalue weighted by molar-refractivity contribution is -0.122. The molecule has 0 aromatic carbocycles. The molecule has 4 nitrogen and oxygen atoms in total. The summed E-state index contributed by atoms with van der Waals surface area (Å²) in [7, 11) is 0. The van der Waals surface area contributed by atoms with Gasteiger partial charge in [-0.2, -0.15) is 0 Å². The number of rotatable bonds is 4. The van der Waals surface area contributed by atoms with E-state index in [1.165, 1.54) is 44.9 Å². The van der Waals surface area contributed by atoms with Gasteiger partial charge in [0.15, 0.2) is 0 Å². The maximum Gasteiger partial charge on any atom is 0.228 e. The fraction of sp³-hybridized carbons (Fsp3) is 0.647. The molecule has 0 aliphatic heterocycles. The number of carbonyl (C=O) groups excluding carboxylic acids is 1. The van der Waals surface area contributed by atoms with Gasteiger partial charge in [-0.15, -0.1) is 0 Å². The summed E-state index contributed by atoms with van der Waals surface area (Å²) in [5, 5.41) is 6.48. The smallest absolute Gasteiger partial charge is 0.228 e. The maximum absolute atomic E-state index is 11.9. The van der Waals surface area contributed by atoms with E-state index >= 15 is 0 Å². The zero-order valence-electron chi connectivity index (χ0n) is 12.6. The second-order valence-corrected chi connectivity index (χ2v) is 6.38. The SMILES string of the molecule is O=C(Nc1ccc(NC2CCCCCC2)cn1)C1CCC1. The first-order valence-corrected chi connectivity index (χ1v) is 8.35. The maximum atomic E-state index is 11.9. The third-order valence-corrected chi connectivity index (χ3v) is 4.72. The molecule has 1 heterocycles. The van der Waals surface area contributed by atoms with Gasteiger partial charge in [0.2, 0.25) is 5.91 Å². The van der Waals surface area contributed by atoms with E-state index in [1.807, 2.05) is 18.3 Å². The lowest BCUT2D eigenvalue weighted by atomic mass is 9.85. The summed E-state index contributed by atoms with van der Waals surface area (Å²) in [5.74, 6) is 0.993. The van der Waals surface area contributed by atoms with Gasteiger partial charge in [0, 0.05) is 12.0 Å². The lowest BCUT2D eigenvalue weighted by Gasteiger charge is -2.23. The van der Waals surface area contributed by atoms with Gasteiger partial charge in [0.1, 0.15) is 5.82 Å². The van der Waals surface area contributed by atoms with E-state index in [0.717, 1.165) is 18.5 Å². The number of nitrogens with one attached hydrogen (secondary N) is 2. The Labute approximate surface area is 126 Å². The second-order valence-electron chi connectivity index (χ2n) is 6.38. The number of hydrogen-bond donors (Lipinski definition) is 2. The Morgan fingerprint density at radius 3 is 2.33 bits per heavy atom. The first kappa shape index (κ1) is 14.4. The molecule has 0 spiro atoms. The van der Waals surface area contributed by atoms with Crippen LogP contribution in [0.3, 0.4) is 0 Å². The summed E-state index contributed by atoms with van der Waals surface area (Å²) in [6.07, 6.45) is 12.9. The topological polar surface area (TPSA) is 54.0 Å². The van der Waals surface area contributed by atoms with Gasteiger partial charge in [-0.1, -0.05) is 32.1 Å². The molecule has 1 aromatic rings. The van der Waals surface area contributed by atoms with Crippen molar-refractivity contribution in [1.82, 2.24) is 4.98 Å². The quantitative estimate of drug-likeness (QED) is 0.824. The molecule has 2 aliphatic rings. The Balaban J connectivity index is 1.52. The van der Waals surface area contributed by atoms with Crippen LogP contribution in [0, 0.1) is 5.92 Å². The van der Waals surface area contributed by atoms with E-state index < -0.39 is 0 Å². The first-order valence-electron chi connectivity index (χ1n) is 8.35. The largest absolute Gasteiger partial charge is 0.381 e. The minimum atomic E-state index is 0.123. The summed E-state index contributed by atoms with van der Waals surface area (Å²) < 4.78 is 0. The number of anilines is 2. The average molecular weight is 287 g/mol. The Morgan fingerprint density at radius 1 is 1.00 bits per heavy atom. The van der Waals surface area contributed by atoms with Crippen LogP contribution in [0.15, 0.2) is 18.3 Å². The van der Waals surface area contributed by atoms with Crippen LogP contribution in [0.1, 0.15) is 57.8 Å². The number of nitrogens with zero attached hydrogens (tertiary/aromatic N) is 1. The van der Waals surface area contributed by atoms with Crippen molar-refractivity contribution in [3.05, 3.63) is 18.3 Å². The molecular formula is C17H25N3O. The van der Waals surface area contributed by atoms with E-state index in [2.05, 4.69) is 15.6 Å². The normalized spacial score (nSPS) is 20.4. The Hall–Kier alpha value is -1.58. The molecule has 2 fully saturated rings. The zero-order chi connectivity index (χ0) is 14.5. The zero-order valence-corrected chi connectivity index (χ0v) is 12.6. The van der Waals surface area contributed by atoms with Crippen molar-refractivity contribution in [2.75, 3.05) is 10.6 Å². The molecule has 1 aromatic heterocycles. The van der Waals surface area contributed by atoms with Crippen LogP contribution in [0.5, 0.6) is 0 Å². The number of pyridine rings is 1. The summed E-state index contributed by atoms with van der Waals surface area (Å²) in [4.78, 5) is 16.2. The molecular weight excluding hydrogens is 262 g/mol. The molecule has 2 aliphatic carbocycles. The highest BCUT2D eigenvalue weighted by Gasteiger charge is 2.25. The van der Waals surface area contributed by atoms with Crippen molar-refractivity contribution in [3.8, 4) is 0 Å². The van der Waals surface area contributed by atoms with Crippen molar-refractivity contribution < 1.29 is 4.79 Å². The van der Waals surface area contributed by atoms with Crippen molar-refractivity contribution in [1.29, 1.82) is 0 Å². The van der Waals surface area contributed by atoms with Crippen LogP contribution in [0.25, 0.3) is 0 Å². The van der Waals surface area contributed by atoms with Crippen molar-refractivity contribution >= 4 is 17.4 Å². The summed E-state index contributed by atoms with van der Waals surface area (Å²) >= 11 is 0. The fourth-order valence-electron chi connectivity index (χ4n) is 3.11. The minimum absolute atomic E-state index is 0.123. The van der Waals surface area contributed by atoms with Crippen molar-refractivity contribution in [2.24, 2.45) is 5.92 Å². The van der Waals surface area contributed by atoms with Gasteiger partial charge >= 0.3 is 0 Å². The Morgan fingerprint density at radius 2 is 1.76 bits per heavy atom. The van der Waals surface area contributed by atoms with Gasteiger partial charge in [-0.3, -0.25) is 4.79 Å². The molecule has 1 amide bonds. The predicted molar refractivity (Wildman–Crippen MR) is 85.3 cm³/mol. The molecule has 2 saturated carbocycles. The van der Waals surface area contributed by atoms with Crippen molar-refractivity contribution in [2.45, 2.75) is 63.8 Å². The minimum Gasteiger partial charge on any atom is -0.381 e. The first-order chi connectivity index (χ1) is 10.3. The molecule has 0 saturated heterocycles. The highest BCUT2D eigenvalue weighted by atomic mass is 16.2. The molecule has 4 heteroatoms. The van der Waals surface area contributed by atoms with E-state index in [9.17, 15) is 4.79 Å². The van der Waals surface area contributed by atoms with Gasteiger partial charge < -0.3 is 10.6 Å². The van der Waals surface area contributed by atoms with Gasteiger partial charge in [-0.25, -0.2) is 4.98 Å². The molecule has 0 atom stereocenters. The summed E-state index contributed by atoms with van der Waals surface area (Å²) in [5.41, 5.74) is 1.06. The van der Waals surface area contributed by atoms with Crippen LogP contribution in [-0.2, 0) is 4.79 Å². The highest BCUT2D eigenvalue weighted by Crippen LogP contribution is 2.27. The standard InChI is InChI=1S/C17H25N3O/c21-17(13-6-5-7-13)20-16-11-10-15(12-18-16)19-14-8-3-1-2-4-9-14/h10-14,19H,1-9H2,(H,18,20,21). The van der Waals surface area contributed by atoms with Gasteiger partial charge in [0.05, 0.1) is 11.9 Å². The number of amides is 1. The van der Waals surface area contributed by atoms with Gasteiger partial charge in [0.25, 0.3) is 0 Å². The predicted octanol–water partition coefficient (Wildman–Crippen LogP) is 3.95. The van der Waals surface area contributed by atoms with E-state index in [-0.39, 0.29) is 11.8 Å². The summed E-state index contributed by atoms with van der Waals surface area (Å²) in [6, 6.07) is 4.49. The van der Waals surface area contributed by atoms with Crippen LogP contribution in [-0.4, -0.2) is 16.9 Å². The van der Waals surface area contributed by atoms with Crippen LogP contribution in [0.2, 0.25) is 0 Å². The summed E-state index contributed by atoms with van der Waals surface area (Å²) in [6.45, 7) is 0. The third kappa shape index (κ3) is 3.96. The van der Waals surface area contributed by atoms with Crippen LogP contribution < -0.4 is 10.6 Å². The van der Waals surface area contributed by atoms with Gasteiger partial charge in [-0.05, 0) is 37.8 Å². The van der Waals surface area contributed by atoms with E-state index in [0.29, 0.717) is 11.9 Å². The van der Waals surface area contributed by atoms with Crippen LogP contribution >= 0.6 is 0 Å². The molecule has 114 valence electrons. The number of carbonyl (C=O) groups is 1. The molecule has 3 rings (SSSR count). The molecule has 0 radical (unpaired) electrons. The second kappa shape index (κ2) is 6.92. The Kier molecular flexibility index (Phi) is 4.73. The number of hydrogen-bond acceptors (Lipinski definition) is 3. The number of aromatic nitrogens is 1. The fourth-order valence-corrected chi connectivity index (χ4v) is 3.11. The Bertz CT molecular complexity index is 459. The van der Waals surface area contributed by atoms with E-state index in [4.69, 9.17) is 0 Å².